The summed E-state index contributed by atoms with van der Waals surface area (Å²) in [5.41, 5.74) is 9.93. The molecular weight excluding hydrogens is 382 g/mol. The van der Waals surface area contributed by atoms with E-state index in [1.54, 1.807) is 0 Å². The fourth-order valence-corrected chi connectivity index (χ4v) is 3.45. The number of halogens is 2. The van der Waals surface area contributed by atoms with Gasteiger partial charge in [-0.1, -0.05) is 62.2 Å². The van der Waals surface area contributed by atoms with Crippen molar-refractivity contribution in [3.63, 3.8) is 0 Å². The molecule has 20 heavy (non-hydrogen) atoms. The van der Waals surface area contributed by atoms with E-state index in [4.69, 9.17) is 5.73 Å². The molecule has 0 spiro atoms. The van der Waals surface area contributed by atoms with Crippen LogP contribution in [0.15, 0.2) is 57.5 Å². The van der Waals surface area contributed by atoms with Crippen molar-refractivity contribution in [3.8, 4) is 22.4 Å². The first-order chi connectivity index (χ1) is 9.65. The van der Waals surface area contributed by atoms with E-state index in [1.807, 2.05) is 48.5 Å². The average Bonchev–Trinajstić information content (AvgIpc) is 2.80. The second kappa shape index (κ2) is 5.42. The van der Waals surface area contributed by atoms with Crippen molar-refractivity contribution in [2.24, 2.45) is 0 Å². The van der Waals surface area contributed by atoms with E-state index in [1.165, 1.54) is 0 Å². The molecule has 0 aliphatic carbocycles. The van der Waals surface area contributed by atoms with E-state index < -0.39 is 0 Å². The zero-order chi connectivity index (χ0) is 14.1. The minimum Gasteiger partial charge on any atom is -0.382 e. The molecule has 0 saturated carbocycles. The molecule has 3 aromatic rings. The van der Waals surface area contributed by atoms with Gasteiger partial charge in [-0.05, 0) is 23.8 Å². The van der Waals surface area contributed by atoms with Gasteiger partial charge in [0.2, 0.25) is 0 Å². The van der Waals surface area contributed by atoms with Crippen LogP contribution < -0.4 is 5.73 Å². The molecule has 0 radical (unpaired) electrons. The molecule has 0 saturated heterocycles. The Labute approximate surface area is 133 Å². The normalized spacial score (nSPS) is 10.7. The topological polar surface area (TPSA) is 54.7 Å². The first kappa shape index (κ1) is 13.4. The molecule has 3 N–H and O–H groups in total. The Kier molecular flexibility index (Phi) is 3.63. The average molecular weight is 393 g/mol. The minimum absolute atomic E-state index is 0.502. The Morgan fingerprint density at radius 2 is 1.55 bits per heavy atom. The lowest BCUT2D eigenvalue weighted by molar-refractivity contribution is 1.10. The summed E-state index contributed by atoms with van der Waals surface area (Å²) in [6, 6.07) is 16.1. The molecule has 2 aromatic carbocycles. The highest BCUT2D eigenvalue weighted by Gasteiger charge is 2.15. The lowest BCUT2D eigenvalue weighted by atomic mass is 10.0. The largest absolute Gasteiger partial charge is 0.382 e. The fourth-order valence-electron chi connectivity index (χ4n) is 2.16. The minimum atomic E-state index is 0.502. The third-order valence-electron chi connectivity index (χ3n) is 3.01. The standard InChI is InChI=1S/C15H11Br2N3/c16-11-6-10(7-12(17)8-11)14-13(15(18)20-19-14)9-4-2-1-3-5-9/h1-8H,(H3,18,19,20). The molecule has 1 aromatic heterocycles. The Morgan fingerprint density at radius 1 is 0.900 bits per heavy atom. The van der Waals surface area contributed by atoms with Crippen LogP contribution in [0.25, 0.3) is 22.4 Å². The van der Waals surface area contributed by atoms with Crippen molar-refractivity contribution in [3.05, 3.63) is 57.5 Å². The van der Waals surface area contributed by atoms with E-state index in [2.05, 4.69) is 42.1 Å². The van der Waals surface area contributed by atoms with Crippen molar-refractivity contribution < 1.29 is 0 Å². The third kappa shape index (κ3) is 2.51. The summed E-state index contributed by atoms with van der Waals surface area (Å²) >= 11 is 7.00. The van der Waals surface area contributed by atoms with Gasteiger partial charge in [0.25, 0.3) is 0 Å². The molecule has 100 valence electrons. The van der Waals surface area contributed by atoms with Crippen LogP contribution in [-0.2, 0) is 0 Å². The number of H-pyrrole nitrogens is 1. The van der Waals surface area contributed by atoms with Crippen molar-refractivity contribution in [2.45, 2.75) is 0 Å². The molecule has 5 heteroatoms. The van der Waals surface area contributed by atoms with Crippen LogP contribution in [0.3, 0.4) is 0 Å². The highest BCUT2D eigenvalue weighted by Crippen LogP contribution is 2.36. The summed E-state index contributed by atoms with van der Waals surface area (Å²) in [6.07, 6.45) is 0. The number of nitrogens with one attached hydrogen (secondary N) is 1. The van der Waals surface area contributed by atoms with E-state index in [0.717, 1.165) is 31.3 Å². The Balaban J connectivity index is 2.21. The number of anilines is 1. The van der Waals surface area contributed by atoms with Gasteiger partial charge in [0, 0.05) is 14.5 Å². The summed E-state index contributed by atoms with van der Waals surface area (Å²) < 4.78 is 1.99. The number of nitrogen functional groups attached to an aromatic ring is 1. The molecular formula is C15H11Br2N3. The molecule has 0 aliphatic rings. The van der Waals surface area contributed by atoms with Crippen molar-refractivity contribution >= 4 is 37.7 Å². The maximum atomic E-state index is 6.02. The van der Waals surface area contributed by atoms with Gasteiger partial charge in [-0.25, -0.2) is 0 Å². The molecule has 1 heterocycles. The van der Waals surface area contributed by atoms with Crippen LogP contribution in [0.2, 0.25) is 0 Å². The number of benzene rings is 2. The lowest BCUT2D eigenvalue weighted by Gasteiger charge is -2.06. The number of nitrogens with zero attached hydrogens (tertiary/aromatic N) is 1. The zero-order valence-corrected chi connectivity index (χ0v) is 13.6. The van der Waals surface area contributed by atoms with Gasteiger partial charge in [0.15, 0.2) is 5.82 Å². The van der Waals surface area contributed by atoms with Crippen molar-refractivity contribution in [1.82, 2.24) is 10.2 Å². The van der Waals surface area contributed by atoms with Gasteiger partial charge in [-0.15, -0.1) is 0 Å². The second-order valence-electron chi connectivity index (χ2n) is 4.38. The summed E-state index contributed by atoms with van der Waals surface area (Å²) in [5.74, 6) is 0.502. The van der Waals surface area contributed by atoms with E-state index in [-0.39, 0.29) is 0 Å². The number of aromatic nitrogens is 2. The van der Waals surface area contributed by atoms with Crippen LogP contribution in [0, 0.1) is 0 Å². The van der Waals surface area contributed by atoms with Gasteiger partial charge < -0.3 is 5.73 Å². The van der Waals surface area contributed by atoms with Gasteiger partial charge in [0.05, 0.1) is 11.3 Å². The van der Waals surface area contributed by atoms with Gasteiger partial charge in [-0.3, -0.25) is 5.10 Å². The fraction of sp³-hybridized carbons (Fsp3) is 0. The predicted octanol–water partition coefficient (Wildman–Crippen LogP) is 4.85. The quantitative estimate of drug-likeness (QED) is 0.654. The summed E-state index contributed by atoms with van der Waals surface area (Å²) in [5, 5.41) is 7.18. The summed E-state index contributed by atoms with van der Waals surface area (Å²) in [7, 11) is 0. The number of aromatic amines is 1. The van der Waals surface area contributed by atoms with Crippen molar-refractivity contribution in [1.29, 1.82) is 0 Å². The molecule has 0 amide bonds. The lowest BCUT2D eigenvalue weighted by Crippen LogP contribution is -1.88. The van der Waals surface area contributed by atoms with Crippen molar-refractivity contribution in [2.75, 3.05) is 5.73 Å². The molecule has 0 aliphatic heterocycles. The van der Waals surface area contributed by atoms with E-state index >= 15 is 0 Å². The second-order valence-corrected chi connectivity index (χ2v) is 6.21. The smallest absolute Gasteiger partial charge is 0.153 e. The summed E-state index contributed by atoms with van der Waals surface area (Å²) in [6.45, 7) is 0. The Morgan fingerprint density at radius 3 is 2.20 bits per heavy atom. The maximum Gasteiger partial charge on any atom is 0.153 e. The third-order valence-corrected chi connectivity index (χ3v) is 3.92. The molecule has 0 fully saturated rings. The number of rotatable bonds is 2. The molecule has 3 rings (SSSR count). The Hall–Kier alpha value is -1.59. The van der Waals surface area contributed by atoms with E-state index in [9.17, 15) is 0 Å². The summed E-state index contributed by atoms with van der Waals surface area (Å²) in [4.78, 5) is 0. The molecule has 0 atom stereocenters. The van der Waals surface area contributed by atoms with Crippen LogP contribution in [0.1, 0.15) is 0 Å². The monoisotopic (exact) mass is 391 g/mol. The highest BCUT2D eigenvalue weighted by atomic mass is 79.9. The van der Waals surface area contributed by atoms with Crippen LogP contribution in [-0.4, -0.2) is 10.2 Å². The highest BCUT2D eigenvalue weighted by molar-refractivity contribution is 9.11. The first-order valence-corrected chi connectivity index (χ1v) is 7.59. The van der Waals surface area contributed by atoms with E-state index in [0.29, 0.717) is 5.82 Å². The molecule has 3 nitrogen and oxygen atoms in total. The van der Waals surface area contributed by atoms with Gasteiger partial charge in [0.1, 0.15) is 0 Å². The van der Waals surface area contributed by atoms with Crippen LogP contribution >= 0.6 is 31.9 Å². The van der Waals surface area contributed by atoms with Crippen LogP contribution in [0.4, 0.5) is 5.82 Å². The van der Waals surface area contributed by atoms with Crippen LogP contribution in [0.5, 0.6) is 0 Å². The first-order valence-electron chi connectivity index (χ1n) is 6.01. The van der Waals surface area contributed by atoms with Gasteiger partial charge >= 0.3 is 0 Å². The predicted molar refractivity (Wildman–Crippen MR) is 89.3 cm³/mol. The SMILES string of the molecule is Nc1n[nH]c(-c2cc(Br)cc(Br)c2)c1-c1ccccc1. The van der Waals surface area contributed by atoms with Gasteiger partial charge in [-0.2, -0.15) is 5.10 Å². The molecule has 0 bridgehead atoms. The molecule has 0 unspecified atom stereocenters. The number of hydrogen-bond acceptors (Lipinski definition) is 2. The number of hydrogen-bond donors (Lipinski definition) is 2. The maximum absolute atomic E-state index is 6.02. The number of nitrogens with two attached hydrogens (primary N) is 1. The Bertz CT molecular complexity index is 731. The zero-order valence-electron chi connectivity index (χ0n) is 10.4.